The first-order valence-corrected chi connectivity index (χ1v) is 7.76. The first kappa shape index (κ1) is 16.5. The van der Waals surface area contributed by atoms with Gasteiger partial charge in [0.15, 0.2) is 0 Å². The predicted octanol–water partition coefficient (Wildman–Crippen LogP) is 1.46. The Bertz CT molecular complexity index is 509. The second-order valence-electron chi connectivity index (χ2n) is 5.51. The average molecular weight is 309 g/mol. The predicted molar refractivity (Wildman–Crippen MR) is 79.7 cm³/mol. The number of carboxylic acid groups (broad SMARTS) is 1. The molecule has 7 heteroatoms. The number of H-pyrrole nitrogens is 1. The molecule has 1 aliphatic rings. The molecule has 2 heterocycles. The lowest BCUT2D eigenvalue weighted by Gasteiger charge is -2.33. The number of hydrogen-bond acceptors (Lipinski definition) is 4. The smallest absolute Gasteiger partial charge is 0.305 e. The van der Waals surface area contributed by atoms with Gasteiger partial charge in [-0.25, -0.2) is 0 Å². The zero-order valence-corrected chi connectivity index (χ0v) is 12.9. The van der Waals surface area contributed by atoms with Crippen LogP contribution in [-0.4, -0.2) is 57.9 Å². The molecule has 0 saturated carbocycles. The van der Waals surface area contributed by atoms with Gasteiger partial charge in [-0.1, -0.05) is 13.3 Å². The van der Waals surface area contributed by atoms with Crippen LogP contribution in [0.1, 0.15) is 48.8 Å². The number of aromatic nitrogens is 2. The van der Waals surface area contributed by atoms with Gasteiger partial charge in [0, 0.05) is 31.5 Å². The third-order valence-electron chi connectivity index (χ3n) is 3.83. The van der Waals surface area contributed by atoms with Crippen LogP contribution >= 0.6 is 0 Å². The second kappa shape index (κ2) is 7.93. The molecule has 0 radical (unpaired) electrons. The highest BCUT2D eigenvalue weighted by Gasteiger charge is 2.28. The fourth-order valence-electron chi connectivity index (χ4n) is 2.68. The van der Waals surface area contributed by atoms with Gasteiger partial charge in [0.1, 0.15) is 5.69 Å². The van der Waals surface area contributed by atoms with E-state index in [-0.39, 0.29) is 24.9 Å². The molecular weight excluding hydrogens is 286 g/mol. The number of rotatable bonds is 7. The fourth-order valence-corrected chi connectivity index (χ4v) is 2.68. The van der Waals surface area contributed by atoms with Crippen LogP contribution in [0.3, 0.4) is 0 Å². The van der Waals surface area contributed by atoms with Crippen molar-refractivity contribution in [2.75, 3.05) is 19.8 Å². The van der Waals surface area contributed by atoms with Gasteiger partial charge in [0.25, 0.3) is 5.91 Å². The van der Waals surface area contributed by atoms with E-state index in [4.69, 9.17) is 9.84 Å². The Kier molecular flexibility index (Phi) is 5.94. The summed E-state index contributed by atoms with van der Waals surface area (Å²) in [6, 6.07) is 1.78. The van der Waals surface area contributed by atoms with Crippen molar-refractivity contribution in [1.82, 2.24) is 15.1 Å². The number of aromatic amines is 1. The van der Waals surface area contributed by atoms with Gasteiger partial charge in [0.2, 0.25) is 0 Å². The zero-order chi connectivity index (χ0) is 15.9. The van der Waals surface area contributed by atoms with Crippen molar-refractivity contribution in [2.45, 2.75) is 45.1 Å². The first-order valence-electron chi connectivity index (χ1n) is 7.76. The Morgan fingerprint density at radius 3 is 2.82 bits per heavy atom. The number of aliphatic carboxylic acids is 1. The summed E-state index contributed by atoms with van der Waals surface area (Å²) < 4.78 is 5.32. The number of carboxylic acids is 1. The number of nitrogens with zero attached hydrogens (tertiary/aromatic N) is 2. The van der Waals surface area contributed by atoms with Gasteiger partial charge in [-0.15, -0.1) is 0 Å². The Morgan fingerprint density at radius 1 is 1.45 bits per heavy atom. The number of carbonyl (C=O) groups is 2. The lowest BCUT2D eigenvalue weighted by Crippen LogP contribution is -2.44. The molecule has 7 nitrogen and oxygen atoms in total. The van der Waals surface area contributed by atoms with E-state index < -0.39 is 5.97 Å². The summed E-state index contributed by atoms with van der Waals surface area (Å²) in [5, 5.41) is 15.9. The number of ether oxygens (including phenoxy) is 1. The maximum absolute atomic E-state index is 12.7. The van der Waals surface area contributed by atoms with Crippen LogP contribution in [0.4, 0.5) is 0 Å². The van der Waals surface area contributed by atoms with E-state index in [1.165, 1.54) is 0 Å². The van der Waals surface area contributed by atoms with Crippen LogP contribution in [0, 0.1) is 0 Å². The lowest BCUT2D eigenvalue weighted by atomic mass is 10.1. The molecule has 2 rings (SSSR count). The van der Waals surface area contributed by atoms with E-state index in [0.29, 0.717) is 18.9 Å². The molecule has 1 amide bonds. The van der Waals surface area contributed by atoms with Crippen LogP contribution in [0.25, 0.3) is 0 Å². The molecule has 2 N–H and O–H groups in total. The van der Waals surface area contributed by atoms with Crippen molar-refractivity contribution < 1.29 is 19.4 Å². The van der Waals surface area contributed by atoms with Crippen molar-refractivity contribution >= 4 is 11.9 Å². The van der Waals surface area contributed by atoms with E-state index in [1.807, 2.05) is 0 Å². The number of carbonyl (C=O) groups excluding carboxylic acids is 1. The van der Waals surface area contributed by atoms with Crippen molar-refractivity contribution in [3.63, 3.8) is 0 Å². The molecule has 0 aromatic carbocycles. The van der Waals surface area contributed by atoms with Gasteiger partial charge in [-0.05, 0) is 25.3 Å². The summed E-state index contributed by atoms with van der Waals surface area (Å²) in [6.07, 6.45) is 3.22. The van der Waals surface area contributed by atoms with Gasteiger partial charge in [-0.3, -0.25) is 14.7 Å². The Morgan fingerprint density at radius 2 is 2.18 bits per heavy atom. The van der Waals surface area contributed by atoms with Crippen molar-refractivity contribution in [2.24, 2.45) is 0 Å². The van der Waals surface area contributed by atoms with E-state index in [1.54, 1.807) is 11.0 Å². The Balaban J connectivity index is 2.10. The molecule has 1 aliphatic heterocycles. The SMILES string of the molecule is CCCc1cc(C(=O)N(CCC(=O)O)C2CCOCC2)n[nH]1. The lowest BCUT2D eigenvalue weighted by molar-refractivity contribution is -0.137. The van der Waals surface area contributed by atoms with Crippen LogP contribution in [0.2, 0.25) is 0 Å². The molecule has 0 atom stereocenters. The molecule has 1 aromatic rings. The maximum Gasteiger partial charge on any atom is 0.305 e. The molecule has 1 fully saturated rings. The summed E-state index contributed by atoms with van der Waals surface area (Å²) in [5.41, 5.74) is 1.29. The molecule has 0 spiro atoms. The largest absolute Gasteiger partial charge is 0.481 e. The van der Waals surface area contributed by atoms with Gasteiger partial charge in [-0.2, -0.15) is 5.10 Å². The van der Waals surface area contributed by atoms with Crippen molar-refractivity contribution in [3.05, 3.63) is 17.5 Å². The Hall–Kier alpha value is -1.89. The number of aryl methyl sites for hydroxylation is 1. The quantitative estimate of drug-likeness (QED) is 0.795. The molecule has 0 bridgehead atoms. The average Bonchev–Trinajstić information content (AvgIpc) is 2.97. The van der Waals surface area contributed by atoms with E-state index in [9.17, 15) is 9.59 Å². The van der Waals surface area contributed by atoms with Crippen LogP contribution in [-0.2, 0) is 16.0 Å². The first-order chi connectivity index (χ1) is 10.6. The summed E-state index contributed by atoms with van der Waals surface area (Å²) in [4.78, 5) is 25.2. The van der Waals surface area contributed by atoms with Crippen LogP contribution in [0.5, 0.6) is 0 Å². The minimum atomic E-state index is -0.904. The molecule has 122 valence electrons. The highest BCUT2D eigenvalue weighted by atomic mass is 16.5. The molecule has 22 heavy (non-hydrogen) atoms. The number of hydrogen-bond donors (Lipinski definition) is 2. The van der Waals surface area contributed by atoms with Crippen LogP contribution in [0.15, 0.2) is 6.07 Å². The van der Waals surface area contributed by atoms with Gasteiger partial charge < -0.3 is 14.7 Å². The standard InChI is InChI=1S/C15H23N3O4/c1-2-3-11-10-13(17-16-11)15(21)18(7-4-14(19)20)12-5-8-22-9-6-12/h10,12H,2-9H2,1H3,(H,16,17)(H,19,20). The van der Waals surface area contributed by atoms with Gasteiger partial charge >= 0.3 is 5.97 Å². The summed E-state index contributed by atoms with van der Waals surface area (Å²) in [5.74, 6) is -1.11. The third kappa shape index (κ3) is 4.30. The van der Waals surface area contributed by atoms with Crippen molar-refractivity contribution in [1.29, 1.82) is 0 Å². The van der Waals surface area contributed by atoms with E-state index in [2.05, 4.69) is 17.1 Å². The summed E-state index contributed by atoms with van der Waals surface area (Å²) in [7, 11) is 0. The monoisotopic (exact) mass is 309 g/mol. The number of amides is 1. The molecule has 0 unspecified atom stereocenters. The Labute approximate surface area is 129 Å². The van der Waals surface area contributed by atoms with Crippen LogP contribution < -0.4 is 0 Å². The minimum Gasteiger partial charge on any atom is -0.481 e. The topological polar surface area (TPSA) is 95.5 Å². The van der Waals surface area contributed by atoms with E-state index in [0.717, 1.165) is 31.4 Å². The zero-order valence-electron chi connectivity index (χ0n) is 12.9. The van der Waals surface area contributed by atoms with Crippen molar-refractivity contribution in [3.8, 4) is 0 Å². The molecular formula is C15H23N3O4. The fraction of sp³-hybridized carbons (Fsp3) is 0.667. The molecule has 0 aliphatic carbocycles. The molecule has 1 saturated heterocycles. The highest BCUT2D eigenvalue weighted by molar-refractivity contribution is 5.92. The normalized spacial score (nSPS) is 15.7. The highest BCUT2D eigenvalue weighted by Crippen LogP contribution is 2.18. The second-order valence-corrected chi connectivity index (χ2v) is 5.51. The molecule has 1 aromatic heterocycles. The summed E-state index contributed by atoms with van der Waals surface area (Å²) in [6.45, 7) is 3.46. The minimum absolute atomic E-state index is 0.0203. The van der Waals surface area contributed by atoms with Gasteiger partial charge in [0.05, 0.1) is 6.42 Å². The van der Waals surface area contributed by atoms with E-state index >= 15 is 0 Å². The summed E-state index contributed by atoms with van der Waals surface area (Å²) >= 11 is 0. The maximum atomic E-state index is 12.7. The third-order valence-corrected chi connectivity index (χ3v) is 3.83. The number of nitrogens with one attached hydrogen (secondary N) is 1.